The van der Waals surface area contributed by atoms with E-state index in [1.165, 1.54) is 32.1 Å². The van der Waals surface area contributed by atoms with Gasteiger partial charge in [0, 0.05) is 0 Å². The van der Waals surface area contributed by atoms with Crippen LogP contribution in [0.5, 0.6) is 0 Å². The zero-order valence-electron chi connectivity index (χ0n) is 8.31. The van der Waals surface area contributed by atoms with Gasteiger partial charge in [0.2, 0.25) is 0 Å². The van der Waals surface area contributed by atoms with E-state index in [1.807, 2.05) is 0 Å². The predicted molar refractivity (Wildman–Crippen MR) is 51.9 cm³/mol. The Kier molecular flexibility index (Phi) is 3.19. The maximum atomic E-state index is 5.70. The normalized spacial score (nSPS) is 22.2. The Morgan fingerprint density at radius 1 is 1.25 bits per heavy atom. The highest BCUT2D eigenvalue weighted by Crippen LogP contribution is 2.37. The standard InChI is InChI=1S/C11H20O/c1-4-12-11(10(2)3)8-6-5-7-9-11/h4,10H,1,5-9H2,2-3H3. The van der Waals surface area contributed by atoms with Crippen LogP contribution in [-0.2, 0) is 4.74 Å². The number of hydrogen-bond donors (Lipinski definition) is 0. The third-order valence-electron chi connectivity index (χ3n) is 3.07. The van der Waals surface area contributed by atoms with Gasteiger partial charge in [-0.3, -0.25) is 0 Å². The third-order valence-corrected chi connectivity index (χ3v) is 3.07. The van der Waals surface area contributed by atoms with Crippen LogP contribution < -0.4 is 0 Å². The van der Waals surface area contributed by atoms with Crippen molar-refractivity contribution in [1.82, 2.24) is 0 Å². The molecule has 0 atom stereocenters. The molecule has 1 heteroatoms. The Morgan fingerprint density at radius 2 is 1.83 bits per heavy atom. The molecular weight excluding hydrogens is 148 g/mol. The molecule has 0 unspecified atom stereocenters. The van der Waals surface area contributed by atoms with E-state index in [0.717, 1.165) is 0 Å². The van der Waals surface area contributed by atoms with Crippen LogP contribution in [0.15, 0.2) is 12.8 Å². The maximum Gasteiger partial charge on any atom is 0.110 e. The van der Waals surface area contributed by atoms with Gasteiger partial charge in [-0.15, -0.1) is 0 Å². The molecule has 1 saturated carbocycles. The van der Waals surface area contributed by atoms with Crippen molar-refractivity contribution >= 4 is 0 Å². The van der Waals surface area contributed by atoms with Gasteiger partial charge in [-0.2, -0.15) is 0 Å². The molecule has 70 valence electrons. The Bertz CT molecular complexity index is 143. The summed E-state index contributed by atoms with van der Waals surface area (Å²) in [4.78, 5) is 0. The molecule has 0 radical (unpaired) electrons. The Balaban J connectivity index is 2.62. The summed E-state index contributed by atoms with van der Waals surface area (Å²) >= 11 is 0. The molecular formula is C11H20O. The Morgan fingerprint density at radius 3 is 2.25 bits per heavy atom. The first-order valence-corrected chi connectivity index (χ1v) is 5.00. The molecule has 1 fully saturated rings. The largest absolute Gasteiger partial charge is 0.495 e. The van der Waals surface area contributed by atoms with Crippen molar-refractivity contribution in [3.63, 3.8) is 0 Å². The van der Waals surface area contributed by atoms with Crippen LogP contribution >= 0.6 is 0 Å². The van der Waals surface area contributed by atoms with Gasteiger partial charge in [0.15, 0.2) is 0 Å². The van der Waals surface area contributed by atoms with E-state index < -0.39 is 0 Å². The first-order valence-electron chi connectivity index (χ1n) is 5.00. The van der Waals surface area contributed by atoms with Crippen LogP contribution in [0.1, 0.15) is 46.0 Å². The van der Waals surface area contributed by atoms with Crippen LogP contribution in [-0.4, -0.2) is 5.60 Å². The minimum absolute atomic E-state index is 0.111. The maximum absolute atomic E-state index is 5.70. The Hall–Kier alpha value is -0.460. The lowest BCUT2D eigenvalue weighted by atomic mass is 9.77. The van der Waals surface area contributed by atoms with E-state index in [9.17, 15) is 0 Å². The molecule has 0 aromatic carbocycles. The smallest absolute Gasteiger partial charge is 0.110 e. The van der Waals surface area contributed by atoms with E-state index in [2.05, 4.69) is 20.4 Å². The molecule has 0 spiro atoms. The van der Waals surface area contributed by atoms with Gasteiger partial charge < -0.3 is 4.74 Å². The molecule has 1 nitrogen and oxygen atoms in total. The zero-order valence-corrected chi connectivity index (χ0v) is 8.31. The van der Waals surface area contributed by atoms with E-state index in [0.29, 0.717) is 5.92 Å². The fourth-order valence-corrected chi connectivity index (χ4v) is 2.15. The van der Waals surface area contributed by atoms with Gasteiger partial charge in [-0.25, -0.2) is 0 Å². The second-order valence-electron chi connectivity index (χ2n) is 4.06. The SMILES string of the molecule is C=COC1(C(C)C)CCCCC1. The minimum Gasteiger partial charge on any atom is -0.495 e. The van der Waals surface area contributed by atoms with Crippen LogP contribution in [0.3, 0.4) is 0 Å². The van der Waals surface area contributed by atoms with Crippen molar-refractivity contribution in [2.24, 2.45) is 5.92 Å². The molecule has 0 aromatic heterocycles. The zero-order chi connectivity index (χ0) is 9.03. The molecule has 1 rings (SSSR count). The number of ether oxygens (including phenoxy) is 1. The quantitative estimate of drug-likeness (QED) is 0.586. The molecule has 12 heavy (non-hydrogen) atoms. The summed E-state index contributed by atoms with van der Waals surface area (Å²) in [6.07, 6.45) is 8.02. The lowest BCUT2D eigenvalue weighted by Crippen LogP contribution is -2.38. The lowest BCUT2D eigenvalue weighted by molar-refractivity contribution is -0.0487. The van der Waals surface area contributed by atoms with Crippen molar-refractivity contribution in [3.05, 3.63) is 12.8 Å². The predicted octanol–water partition coefficient (Wildman–Crippen LogP) is 3.51. The summed E-state index contributed by atoms with van der Waals surface area (Å²) in [5, 5.41) is 0. The fraction of sp³-hybridized carbons (Fsp3) is 0.818. The van der Waals surface area contributed by atoms with Crippen molar-refractivity contribution in [1.29, 1.82) is 0 Å². The van der Waals surface area contributed by atoms with Gasteiger partial charge in [-0.05, 0) is 31.6 Å². The van der Waals surface area contributed by atoms with Crippen LogP contribution in [0, 0.1) is 5.92 Å². The number of rotatable bonds is 3. The lowest BCUT2D eigenvalue weighted by Gasteiger charge is -2.39. The molecule has 0 bridgehead atoms. The highest BCUT2D eigenvalue weighted by Gasteiger charge is 2.36. The van der Waals surface area contributed by atoms with Crippen molar-refractivity contribution in [2.45, 2.75) is 51.6 Å². The fourth-order valence-electron chi connectivity index (χ4n) is 2.15. The molecule has 1 aliphatic carbocycles. The van der Waals surface area contributed by atoms with Crippen molar-refractivity contribution in [3.8, 4) is 0 Å². The molecule has 0 aromatic rings. The number of hydrogen-bond acceptors (Lipinski definition) is 1. The summed E-state index contributed by atoms with van der Waals surface area (Å²) < 4.78 is 5.70. The molecule has 0 N–H and O–H groups in total. The van der Waals surface area contributed by atoms with Gasteiger partial charge in [0.25, 0.3) is 0 Å². The van der Waals surface area contributed by atoms with E-state index in [-0.39, 0.29) is 5.60 Å². The average Bonchev–Trinajstić information content (AvgIpc) is 2.06. The second-order valence-corrected chi connectivity index (χ2v) is 4.06. The van der Waals surface area contributed by atoms with E-state index >= 15 is 0 Å². The molecule has 1 aliphatic rings. The van der Waals surface area contributed by atoms with Crippen molar-refractivity contribution in [2.75, 3.05) is 0 Å². The van der Waals surface area contributed by atoms with Gasteiger partial charge >= 0.3 is 0 Å². The second kappa shape index (κ2) is 3.97. The van der Waals surface area contributed by atoms with Crippen LogP contribution in [0.25, 0.3) is 0 Å². The van der Waals surface area contributed by atoms with Gasteiger partial charge in [0.1, 0.15) is 5.60 Å². The van der Waals surface area contributed by atoms with Gasteiger partial charge in [0.05, 0.1) is 6.26 Å². The highest BCUT2D eigenvalue weighted by atomic mass is 16.5. The van der Waals surface area contributed by atoms with Gasteiger partial charge in [-0.1, -0.05) is 26.8 Å². The topological polar surface area (TPSA) is 9.23 Å². The summed E-state index contributed by atoms with van der Waals surface area (Å²) in [5.41, 5.74) is 0.111. The molecule has 0 amide bonds. The van der Waals surface area contributed by atoms with E-state index in [4.69, 9.17) is 4.74 Å². The highest BCUT2D eigenvalue weighted by molar-refractivity contribution is 4.88. The average molecular weight is 168 g/mol. The summed E-state index contributed by atoms with van der Waals surface area (Å²) in [6.45, 7) is 8.15. The van der Waals surface area contributed by atoms with Crippen LogP contribution in [0.2, 0.25) is 0 Å². The minimum atomic E-state index is 0.111. The van der Waals surface area contributed by atoms with E-state index in [1.54, 1.807) is 6.26 Å². The third kappa shape index (κ3) is 1.82. The van der Waals surface area contributed by atoms with Crippen LogP contribution in [0.4, 0.5) is 0 Å². The molecule has 0 aliphatic heterocycles. The molecule has 0 saturated heterocycles. The van der Waals surface area contributed by atoms with Crippen molar-refractivity contribution < 1.29 is 4.74 Å². The summed E-state index contributed by atoms with van der Waals surface area (Å²) in [6, 6.07) is 0. The first kappa shape index (κ1) is 9.63. The monoisotopic (exact) mass is 168 g/mol. The summed E-state index contributed by atoms with van der Waals surface area (Å²) in [7, 11) is 0. The first-order chi connectivity index (χ1) is 5.71. The molecule has 0 heterocycles. The summed E-state index contributed by atoms with van der Waals surface area (Å²) in [5.74, 6) is 0.607. The Labute approximate surface area is 75.8 Å².